The van der Waals surface area contributed by atoms with Gasteiger partial charge in [0.05, 0.1) is 0 Å². The van der Waals surface area contributed by atoms with Crippen molar-refractivity contribution in [2.24, 2.45) is 0 Å². The molecule has 1 saturated carbocycles. The van der Waals surface area contributed by atoms with E-state index in [1.165, 1.54) is 40.9 Å². The third kappa shape index (κ3) is 4.00. The number of hydrogen-bond acceptors (Lipinski definition) is 7. The van der Waals surface area contributed by atoms with Crippen LogP contribution in [0.25, 0.3) is 0 Å². The van der Waals surface area contributed by atoms with Gasteiger partial charge in [-0.1, -0.05) is 12.1 Å². The van der Waals surface area contributed by atoms with E-state index >= 15 is 0 Å². The fourth-order valence-corrected chi connectivity index (χ4v) is 6.64. The molecule has 13 heteroatoms. The zero-order valence-electron chi connectivity index (χ0n) is 19.7. The van der Waals surface area contributed by atoms with Crippen molar-refractivity contribution in [3.05, 3.63) is 29.8 Å². The van der Waals surface area contributed by atoms with Gasteiger partial charge in [0.15, 0.2) is 0 Å². The molecule has 0 radical (unpaired) electrons. The minimum Gasteiger partial charge on any atom is -0.508 e. The summed E-state index contributed by atoms with van der Waals surface area (Å²) in [5.41, 5.74) is 0.343. The van der Waals surface area contributed by atoms with Crippen LogP contribution < -0.4 is 10.6 Å². The van der Waals surface area contributed by atoms with Crippen LogP contribution in [0.2, 0.25) is 0 Å². The zero-order chi connectivity index (χ0) is 25.9. The Bertz CT molecular complexity index is 1140. The Kier molecular flexibility index (Phi) is 5.77. The third-order valence-electron chi connectivity index (χ3n) is 7.00. The second-order valence-electron chi connectivity index (χ2n) is 9.92. The van der Waals surface area contributed by atoms with Crippen molar-refractivity contribution < 1.29 is 34.2 Å². The first-order chi connectivity index (χ1) is 17.0. The van der Waals surface area contributed by atoms with E-state index < -0.39 is 58.1 Å². The first kappa shape index (κ1) is 24.2. The Labute approximate surface area is 211 Å². The number of benzene rings is 1. The van der Waals surface area contributed by atoms with E-state index in [4.69, 9.17) is 0 Å². The number of carbonyl (C=O) groups is 5. The van der Waals surface area contributed by atoms with Crippen molar-refractivity contribution in [1.82, 2.24) is 25.3 Å². The van der Waals surface area contributed by atoms with Gasteiger partial charge in [-0.3, -0.25) is 9.59 Å². The normalized spacial score (nSPS) is 27.4. The third-order valence-corrected chi connectivity index (χ3v) is 8.57. The predicted octanol–water partition coefficient (Wildman–Crippen LogP) is 0.675. The maximum atomic E-state index is 13.4. The molecule has 36 heavy (non-hydrogen) atoms. The minimum atomic E-state index is -1.25. The van der Waals surface area contributed by atoms with Crippen LogP contribution in [0.1, 0.15) is 38.3 Å². The highest BCUT2D eigenvalue weighted by Crippen LogP contribution is 2.50. The first-order valence-corrected chi connectivity index (χ1v) is 12.6. The molecule has 3 heterocycles. The number of phenols is 1. The molecule has 1 unspecified atom stereocenters. The van der Waals surface area contributed by atoms with Gasteiger partial charge in [-0.25, -0.2) is 19.3 Å². The molecule has 4 N–H and O–H groups in total. The SMILES string of the molecule is CC1(C)S[C@@H]2[C@H](NC(=O)C(NC(=O)N3CCN(C4CC4)C3=O)c3ccc(O)cc3)C(=O)N2[C@H]1C(=O)O. The van der Waals surface area contributed by atoms with Crippen molar-refractivity contribution in [3.8, 4) is 5.75 Å². The van der Waals surface area contributed by atoms with Gasteiger partial charge in [0.1, 0.15) is 29.2 Å². The number of carbonyl (C=O) groups excluding carboxylic acids is 4. The van der Waals surface area contributed by atoms with E-state index in [0.717, 1.165) is 17.7 Å². The molecular formula is C23H27N5O7S. The second kappa shape index (κ2) is 8.57. The number of phenolic OH excluding ortho intramolecular Hbond substituents is 1. The summed E-state index contributed by atoms with van der Waals surface area (Å²) < 4.78 is -0.750. The van der Waals surface area contributed by atoms with Gasteiger partial charge >= 0.3 is 18.0 Å². The Morgan fingerprint density at radius 1 is 1.11 bits per heavy atom. The van der Waals surface area contributed by atoms with Gasteiger partial charge in [0.2, 0.25) is 11.8 Å². The lowest BCUT2D eigenvalue weighted by atomic mass is 9.95. The quantitative estimate of drug-likeness (QED) is 0.401. The standard InChI is InChI=1S/C23H27N5O7S/c1-23(2)16(20(32)33)28-18(31)15(19(28)36-23)24-17(30)14(11-3-7-13(29)8-4-11)25-21(34)27-10-9-26(22(27)35)12-5-6-12/h3-4,7-8,12,14-16,19,29H,5-6,9-10H2,1-2H3,(H,24,30)(H,25,34)(H,32,33)/t14?,15-,16+,19-/m1/s1. The summed E-state index contributed by atoms with van der Waals surface area (Å²) in [5, 5.41) is 24.0. The molecule has 192 valence electrons. The average molecular weight is 518 g/mol. The predicted molar refractivity (Wildman–Crippen MR) is 127 cm³/mol. The molecule has 4 fully saturated rings. The Morgan fingerprint density at radius 3 is 2.39 bits per heavy atom. The highest BCUT2D eigenvalue weighted by atomic mass is 32.2. The number of rotatable bonds is 6. The monoisotopic (exact) mass is 517 g/mol. The Morgan fingerprint density at radius 2 is 1.78 bits per heavy atom. The van der Waals surface area contributed by atoms with Gasteiger partial charge in [-0.15, -0.1) is 11.8 Å². The molecule has 3 saturated heterocycles. The fourth-order valence-electron chi connectivity index (χ4n) is 5.02. The van der Waals surface area contributed by atoms with Crippen molar-refractivity contribution in [2.75, 3.05) is 13.1 Å². The van der Waals surface area contributed by atoms with Gasteiger partial charge in [0, 0.05) is 23.9 Å². The van der Waals surface area contributed by atoms with Crippen LogP contribution in [0.5, 0.6) is 5.75 Å². The smallest absolute Gasteiger partial charge is 0.328 e. The minimum absolute atomic E-state index is 0.0341. The summed E-state index contributed by atoms with van der Waals surface area (Å²) >= 11 is 1.29. The topological polar surface area (TPSA) is 160 Å². The van der Waals surface area contributed by atoms with E-state index in [1.807, 2.05) is 0 Å². The van der Waals surface area contributed by atoms with E-state index in [9.17, 15) is 34.2 Å². The molecule has 0 bridgehead atoms. The summed E-state index contributed by atoms with van der Waals surface area (Å²) in [6, 6.07) is 1.43. The molecule has 5 rings (SSSR count). The fraction of sp³-hybridized carbons (Fsp3) is 0.522. The number of aliphatic carboxylic acids is 1. The van der Waals surface area contributed by atoms with Crippen molar-refractivity contribution in [3.63, 3.8) is 0 Å². The van der Waals surface area contributed by atoms with Gasteiger partial charge in [0.25, 0.3) is 0 Å². The highest BCUT2D eigenvalue weighted by molar-refractivity contribution is 8.01. The molecule has 1 aliphatic carbocycles. The van der Waals surface area contributed by atoms with Gasteiger partial charge < -0.3 is 30.6 Å². The van der Waals surface area contributed by atoms with Gasteiger partial charge in [-0.05, 0) is 44.4 Å². The number of carboxylic acid groups (broad SMARTS) is 1. The number of fused-ring (bicyclic) bond motifs is 1. The summed E-state index contributed by atoms with van der Waals surface area (Å²) in [6.07, 6.45) is 1.82. The van der Waals surface area contributed by atoms with Crippen LogP contribution in [-0.4, -0.2) is 96.1 Å². The lowest BCUT2D eigenvalue weighted by Gasteiger charge is -2.44. The van der Waals surface area contributed by atoms with Crippen LogP contribution in [0.3, 0.4) is 0 Å². The number of nitrogens with one attached hydrogen (secondary N) is 2. The number of β-lactam (4-membered cyclic amide) rings is 1. The largest absolute Gasteiger partial charge is 0.508 e. The molecule has 6 amide bonds. The molecule has 1 aromatic rings. The molecule has 1 aromatic carbocycles. The zero-order valence-corrected chi connectivity index (χ0v) is 20.5. The average Bonchev–Trinajstić information content (AvgIpc) is 3.53. The summed E-state index contributed by atoms with van der Waals surface area (Å²) in [4.78, 5) is 67.6. The summed E-state index contributed by atoms with van der Waals surface area (Å²) in [7, 11) is 0. The number of thioether (sulfide) groups is 1. The van der Waals surface area contributed by atoms with Crippen LogP contribution >= 0.6 is 11.8 Å². The first-order valence-electron chi connectivity index (χ1n) is 11.7. The number of urea groups is 2. The van der Waals surface area contributed by atoms with E-state index in [2.05, 4.69) is 10.6 Å². The molecule has 4 aliphatic rings. The Balaban J connectivity index is 1.32. The van der Waals surface area contributed by atoms with Crippen molar-refractivity contribution in [2.45, 2.75) is 61.0 Å². The summed E-state index contributed by atoms with van der Waals surface area (Å²) in [6.45, 7) is 4.10. The molecule has 0 aromatic heterocycles. The summed E-state index contributed by atoms with van der Waals surface area (Å²) in [5.74, 6) is -2.34. The van der Waals surface area contributed by atoms with Gasteiger partial charge in [-0.2, -0.15) is 0 Å². The number of amides is 6. The second-order valence-corrected chi connectivity index (χ2v) is 11.7. The van der Waals surface area contributed by atoms with E-state index in [-0.39, 0.29) is 18.3 Å². The van der Waals surface area contributed by atoms with Crippen molar-refractivity contribution in [1.29, 1.82) is 0 Å². The molecule has 4 atom stereocenters. The maximum Gasteiger partial charge on any atom is 0.328 e. The number of hydrogen-bond donors (Lipinski definition) is 4. The number of carboxylic acids is 1. The number of nitrogens with zero attached hydrogens (tertiary/aromatic N) is 3. The van der Waals surface area contributed by atoms with Crippen LogP contribution in [0, 0.1) is 0 Å². The van der Waals surface area contributed by atoms with Crippen LogP contribution in [0.4, 0.5) is 9.59 Å². The maximum absolute atomic E-state index is 13.4. The van der Waals surface area contributed by atoms with Crippen LogP contribution in [-0.2, 0) is 14.4 Å². The number of aromatic hydroxyl groups is 1. The van der Waals surface area contributed by atoms with Crippen LogP contribution in [0.15, 0.2) is 24.3 Å². The van der Waals surface area contributed by atoms with E-state index in [0.29, 0.717) is 12.1 Å². The molecule has 12 nitrogen and oxygen atoms in total. The Hall–Kier alpha value is -3.48. The molecule has 3 aliphatic heterocycles. The molecule has 0 spiro atoms. The highest BCUT2D eigenvalue weighted by Gasteiger charge is 2.64. The van der Waals surface area contributed by atoms with Crippen molar-refractivity contribution >= 4 is 41.6 Å². The lowest BCUT2D eigenvalue weighted by Crippen LogP contribution is -2.71. The number of imide groups is 1. The molecular weight excluding hydrogens is 490 g/mol. The lowest BCUT2D eigenvalue weighted by molar-refractivity contribution is -0.161. The van der Waals surface area contributed by atoms with E-state index in [1.54, 1.807) is 18.7 Å².